The Kier molecular flexibility index (Phi) is 6.33. The summed E-state index contributed by atoms with van der Waals surface area (Å²) in [6.07, 6.45) is 2.70. The van der Waals surface area contributed by atoms with Crippen LogP contribution < -0.4 is 5.32 Å². The molecule has 20 heavy (non-hydrogen) atoms. The van der Waals surface area contributed by atoms with Gasteiger partial charge in [0.2, 0.25) is 0 Å². The first kappa shape index (κ1) is 15.3. The zero-order chi connectivity index (χ0) is 14.2. The molecule has 2 rings (SSSR count). The molecule has 0 aromatic carbocycles. The molecule has 1 aliphatic carbocycles. The Balaban J connectivity index is 1.74. The van der Waals surface area contributed by atoms with Crippen LogP contribution in [0.2, 0.25) is 0 Å². The molecule has 0 spiro atoms. The Morgan fingerprint density at radius 1 is 1.55 bits per heavy atom. The summed E-state index contributed by atoms with van der Waals surface area (Å²) >= 11 is 1.75. The summed E-state index contributed by atoms with van der Waals surface area (Å²) in [6.45, 7) is 6.30. The van der Waals surface area contributed by atoms with E-state index in [1.807, 2.05) is 0 Å². The number of likely N-dealkylation sites (N-methyl/N-ethyl adjacent to an activating group) is 1. The van der Waals surface area contributed by atoms with Gasteiger partial charge in [-0.2, -0.15) is 0 Å². The SMILES string of the molecule is CCNC(=NCc1cccs1)N(C)CCOCC1CC1. The number of thiophene rings is 1. The molecule has 0 atom stereocenters. The van der Waals surface area contributed by atoms with E-state index >= 15 is 0 Å². The highest BCUT2D eigenvalue weighted by Gasteiger charge is 2.21. The molecule has 4 nitrogen and oxygen atoms in total. The number of nitrogens with zero attached hydrogens (tertiary/aromatic N) is 2. The summed E-state index contributed by atoms with van der Waals surface area (Å²) in [4.78, 5) is 8.10. The third kappa shape index (κ3) is 5.51. The Morgan fingerprint density at radius 3 is 3.05 bits per heavy atom. The first-order chi connectivity index (χ1) is 9.79. The second-order valence-corrected chi connectivity index (χ2v) is 6.22. The van der Waals surface area contributed by atoms with Crippen LogP contribution in [0.5, 0.6) is 0 Å². The molecule has 1 fully saturated rings. The van der Waals surface area contributed by atoms with Crippen molar-refractivity contribution in [3.63, 3.8) is 0 Å². The second kappa shape index (κ2) is 8.27. The molecule has 0 unspecified atom stereocenters. The van der Waals surface area contributed by atoms with Crippen molar-refractivity contribution < 1.29 is 4.74 Å². The van der Waals surface area contributed by atoms with E-state index in [-0.39, 0.29) is 0 Å². The van der Waals surface area contributed by atoms with E-state index < -0.39 is 0 Å². The standard InChI is InChI=1S/C15H25N3OS/c1-3-16-15(17-11-14-5-4-10-20-14)18(2)8-9-19-12-13-6-7-13/h4-5,10,13H,3,6-9,11-12H2,1-2H3,(H,16,17). The van der Waals surface area contributed by atoms with Gasteiger partial charge in [-0.3, -0.25) is 0 Å². The summed E-state index contributed by atoms with van der Waals surface area (Å²) in [5.41, 5.74) is 0. The molecule has 0 bridgehead atoms. The third-order valence-corrected chi connectivity index (χ3v) is 4.14. The quantitative estimate of drug-likeness (QED) is 0.455. The van der Waals surface area contributed by atoms with Gasteiger partial charge in [-0.25, -0.2) is 4.99 Å². The minimum Gasteiger partial charge on any atom is -0.379 e. The predicted octanol–water partition coefficient (Wildman–Crippen LogP) is 2.57. The molecule has 112 valence electrons. The number of hydrogen-bond donors (Lipinski definition) is 1. The molecular formula is C15H25N3OS. The Hall–Kier alpha value is -1.07. The van der Waals surface area contributed by atoms with Crippen molar-refractivity contribution in [2.45, 2.75) is 26.3 Å². The number of hydrogen-bond acceptors (Lipinski definition) is 3. The summed E-state index contributed by atoms with van der Waals surface area (Å²) in [5.74, 6) is 1.79. The van der Waals surface area contributed by atoms with Gasteiger partial charge >= 0.3 is 0 Å². The smallest absolute Gasteiger partial charge is 0.194 e. The van der Waals surface area contributed by atoms with Crippen molar-refractivity contribution in [2.24, 2.45) is 10.9 Å². The molecule has 5 heteroatoms. The van der Waals surface area contributed by atoms with Crippen LogP contribution in [-0.2, 0) is 11.3 Å². The summed E-state index contributed by atoms with van der Waals surface area (Å²) < 4.78 is 5.68. The molecule has 0 radical (unpaired) electrons. The largest absolute Gasteiger partial charge is 0.379 e. The molecule has 1 aromatic heterocycles. The lowest BCUT2D eigenvalue weighted by atomic mass is 10.4. The van der Waals surface area contributed by atoms with Crippen LogP contribution in [0.3, 0.4) is 0 Å². The maximum absolute atomic E-state index is 5.68. The fourth-order valence-electron chi connectivity index (χ4n) is 1.87. The predicted molar refractivity (Wildman–Crippen MR) is 85.3 cm³/mol. The van der Waals surface area contributed by atoms with E-state index in [4.69, 9.17) is 4.74 Å². The Labute approximate surface area is 125 Å². The van der Waals surface area contributed by atoms with Crippen LogP contribution in [0.25, 0.3) is 0 Å². The molecule has 1 N–H and O–H groups in total. The minimum atomic E-state index is 0.743. The number of nitrogens with one attached hydrogen (secondary N) is 1. The number of ether oxygens (including phenoxy) is 1. The minimum absolute atomic E-state index is 0.743. The highest BCUT2D eigenvalue weighted by molar-refractivity contribution is 7.09. The van der Waals surface area contributed by atoms with Crippen molar-refractivity contribution in [1.29, 1.82) is 0 Å². The summed E-state index contributed by atoms with van der Waals surface area (Å²) in [7, 11) is 2.07. The van der Waals surface area contributed by atoms with Crippen molar-refractivity contribution in [3.8, 4) is 0 Å². The van der Waals surface area contributed by atoms with Gasteiger partial charge < -0.3 is 15.0 Å². The molecular weight excluding hydrogens is 270 g/mol. The van der Waals surface area contributed by atoms with Gasteiger partial charge in [0.1, 0.15) is 0 Å². The van der Waals surface area contributed by atoms with E-state index in [0.29, 0.717) is 0 Å². The lowest BCUT2D eigenvalue weighted by molar-refractivity contribution is 0.115. The van der Waals surface area contributed by atoms with Crippen LogP contribution in [0, 0.1) is 5.92 Å². The summed E-state index contributed by atoms with van der Waals surface area (Å²) in [5, 5.41) is 5.42. The molecule has 0 saturated heterocycles. The molecule has 0 aliphatic heterocycles. The fraction of sp³-hybridized carbons (Fsp3) is 0.667. The van der Waals surface area contributed by atoms with E-state index in [1.54, 1.807) is 11.3 Å². The molecule has 1 aromatic rings. The fourth-order valence-corrected chi connectivity index (χ4v) is 2.50. The van der Waals surface area contributed by atoms with Gasteiger partial charge in [-0.15, -0.1) is 11.3 Å². The van der Waals surface area contributed by atoms with Crippen molar-refractivity contribution in [2.75, 3.05) is 33.4 Å². The number of aliphatic imine (C=N–C) groups is 1. The van der Waals surface area contributed by atoms with E-state index in [1.165, 1.54) is 17.7 Å². The van der Waals surface area contributed by atoms with Crippen molar-refractivity contribution in [3.05, 3.63) is 22.4 Å². The van der Waals surface area contributed by atoms with Crippen LogP contribution >= 0.6 is 11.3 Å². The van der Waals surface area contributed by atoms with Crippen molar-refractivity contribution in [1.82, 2.24) is 10.2 Å². The van der Waals surface area contributed by atoms with Crippen LogP contribution in [0.15, 0.2) is 22.5 Å². The van der Waals surface area contributed by atoms with Crippen LogP contribution in [-0.4, -0.2) is 44.2 Å². The first-order valence-electron chi connectivity index (χ1n) is 7.39. The highest BCUT2D eigenvalue weighted by Crippen LogP contribution is 2.28. The highest BCUT2D eigenvalue weighted by atomic mass is 32.1. The zero-order valence-electron chi connectivity index (χ0n) is 12.5. The maximum atomic E-state index is 5.68. The van der Waals surface area contributed by atoms with Crippen LogP contribution in [0.1, 0.15) is 24.6 Å². The summed E-state index contributed by atoms with van der Waals surface area (Å²) in [6, 6.07) is 4.19. The lowest BCUT2D eigenvalue weighted by Crippen LogP contribution is -2.40. The normalized spacial score (nSPS) is 15.4. The average Bonchev–Trinajstić information content (AvgIpc) is 3.13. The number of guanidine groups is 1. The first-order valence-corrected chi connectivity index (χ1v) is 8.27. The van der Waals surface area contributed by atoms with E-state index in [0.717, 1.165) is 44.7 Å². The number of rotatable bonds is 8. The molecule has 0 amide bonds. The zero-order valence-corrected chi connectivity index (χ0v) is 13.3. The Morgan fingerprint density at radius 2 is 2.40 bits per heavy atom. The van der Waals surface area contributed by atoms with Gasteiger partial charge in [0.05, 0.1) is 13.2 Å². The Bertz CT molecular complexity index is 401. The van der Waals surface area contributed by atoms with Crippen molar-refractivity contribution >= 4 is 17.3 Å². The van der Waals surface area contributed by atoms with E-state index in [2.05, 4.69) is 46.7 Å². The second-order valence-electron chi connectivity index (χ2n) is 5.19. The van der Waals surface area contributed by atoms with Gasteiger partial charge in [0.25, 0.3) is 0 Å². The van der Waals surface area contributed by atoms with Crippen LogP contribution in [0.4, 0.5) is 0 Å². The van der Waals surface area contributed by atoms with Gasteiger partial charge in [-0.05, 0) is 37.1 Å². The third-order valence-electron chi connectivity index (χ3n) is 3.28. The molecule has 1 heterocycles. The molecule has 1 aliphatic rings. The average molecular weight is 295 g/mol. The van der Waals surface area contributed by atoms with E-state index in [9.17, 15) is 0 Å². The lowest BCUT2D eigenvalue weighted by Gasteiger charge is -2.21. The van der Waals surface area contributed by atoms with Gasteiger partial charge in [-0.1, -0.05) is 6.07 Å². The maximum Gasteiger partial charge on any atom is 0.194 e. The topological polar surface area (TPSA) is 36.9 Å². The van der Waals surface area contributed by atoms with Gasteiger partial charge in [0.15, 0.2) is 5.96 Å². The van der Waals surface area contributed by atoms with Gasteiger partial charge in [0, 0.05) is 31.6 Å². The molecule has 1 saturated carbocycles. The monoisotopic (exact) mass is 295 g/mol.